The van der Waals surface area contributed by atoms with E-state index in [9.17, 15) is 14.8 Å². The number of rotatable bonds is 4. The number of quaternary nitrogens is 1. The molecule has 1 aromatic rings. The second kappa shape index (κ2) is 6.98. The molecule has 0 bridgehead atoms. The maximum atomic E-state index is 12.2. The van der Waals surface area contributed by atoms with Crippen molar-refractivity contribution in [3.63, 3.8) is 0 Å². The van der Waals surface area contributed by atoms with Gasteiger partial charge in [-0.2, -0.15) is 4.68 Å². The Morgan fingerprint density at radius 1 is 1.30 bits per heavy atom. The van der Waals surface area contributed by atoms with Gasteiger partial charge in [0.05, 0.1) is 6.42 Å². The van der Waals surface area contributed by atoms with Gasteiger partial charge in [0, 0.05) is 25.3 Å². The first kappa shape index (κ1) is 19.6. The molecule has 0 unspecified atom stereocenters. The first-order valence-electron chi connectivity index (χ1n) is 7.26. The van der Waals surface area contributed by atoms with Crippen molar-refractivity contribution >= 4 is 23.7 Å². The summed E-state index contributed by atoms with van der Waals surface area (Å²) in [5.41, 5.74) is -0.285. The minimum atomic E-state index is -0.711. The van der Waals surface area contributed by atoms with Crippen molar-refractivity contribution in [1.29, 1.82) is 0 Å². The van der Waals surface area contributed by atoms with E-state index in [-0.39, 0.29) is 23.8 Å². The minimum absolute atomic E-state index is 0.169. The molecule has 0 spiro atoms. The summed E-state index contributed by atoms with van der Waals surface area (Å²) >= 11 is 1.27. The number of carbonyl (C=O) groups is 2. The monoisotopic (exact) mass is 344 g/mol. The third-order valence-electron chi connectivity index (χ3n) is 2.97. The second-order valence-electron chi connectivity index (χ2n) is 6.94. The molecule has 1 rings (SSSR count). The number of hydrogen-bond donors (Lipinski definition) is 1. The molecule has 1 aromatic heterocycles. The van der Waals surface area contributed by atoms with Crippen LogP contribution in [0.15, 0.2) is 5.16 Å². The molecule has 0 aliphatic rings. The second-order valence-corrected chi connectivity index (χ2v) is 8.01. The Bertz CT molecular complexity index is 584. The summed E-state index contributed by atoms with van der Waals surface area (Å²) in [5, 5.41) is 14.3. The predicted molar refractivity (Wildman–Crippen MR) is 87.4 cm³/mol. The third-order valence-corrected chi connectivity index (χ3v) is 3.90. The molecule has 0 saturated heterocycles. The van der Waals surface area contributed by atoms with Crippen molar-refractivity contribution in [2.24, 2.45) is 0 Å². The Hall–Kier alpha value is -1.45. The Morgan fingerprint density at radius 2 is 1.87 bits per heavy atom. The van der Waals surface area contributed by atoms with Gasteiger partial charge in [0.1, 0.15) is 14.1 Å². The van der Waals surface area contributed by atoms with Gasteiger partial charge < -0.3 is 4.90 Å². The molecule has 0 atom stereocenters. The fraction of sp³-hybridized carbons (Fsp3) is 0.714. The molecule has 23 heavy (non-hydrogen) atoms. The van der Waals surface area contributed by atoms with Crippen LogP contribution in [0.2, 0.25) is 0 Å². The molecule has 0 fully saturated rings. The van der Waals surface area contributed by atoms with Crippen LogP contribution >= 0.6 is 11.8 Å². The Morgan fingerprint density at radius 3 is 2.30 bits per heavy atom. The molecule has 9 heteroatoms. The minimum Gasteiger partial charge on any atom is -0.329 e. The number of thioether (sulfide) groups is 1. The van der Waals surface area contributed by atoms with Gasteiger partial charge in [0.2, 0.25) is 0 Å². The van der Waals surface area contributed by atoms with Crippen LogP contribution in [0.5, 0.6) is 0 Å². The largest absolute Gasteiger partial charge is 0.346 e. The quantitative estimate of drug-likeness (QED) is 0.386. The number of hydrogen-bond acceptors (Lipinski definition) is 6. The van der Waals surface area contributed by atoms with Gasteiger partial charge in [-0.1, -0.05) is 32.5 Å². The van der Waals surface area contributed by atoms with E-state index in [2.05, 4.69) is 10.1 Å². The molecular formula is C14H26N5O3S+. The summed E-state index contributed by atoms with van der Waals surface area (Å²) in [7, 11) is 6.10. The van der Waals surface area contributed by atoms with E-state index in [0.717, 1.165) is 0 Å². The lowest BCUT2D eigenvalue weighted by Crippen LogP contribution is -2.42. The normalized spacial score (nSPS) is 12.3. The van der Waals surface area contributed by atoms with Gasteiger partial charge in [0.25, 0.3) is 0 Å². The summed E-state index contributed by atoms with van der Waals surface area (Å²) in [4.78, 5) is 29.8. The van der Waals surface area contributed by atoms with Gasteiger partial charge in [-0.05, 0) is 0 Å². The lowest BCUT2D eigenvalue weighted by atomic mass is 9.96. The topological polar surface area (TPSA) is 88.3 Å². The lowest BCUT2D eigenvalue weighted by molar-refractivity contribution is -1.01. The molecule has 0 aliphatic carbocycles. The maximum absolute atomic E-state index is 12.2. The van der Waals surface area contributed by atoms with Crippen LogP contribution in [-0.2, 0) is 10.2 Å². The molecule has 130 valence electrons. The highest BCUT2D eigenvalue weighted by Gasteiger charge is 2.27. The smallest absolute Gasteiger partial charge is 0.329 e. The fourth-order valence-electron chi connectivity index (χ4n) is 1.53. The van der Waals surface area contributed by atoms with Crippen molar-refractivity contribution in [2.45, 2.75) is 37.8 Å². The van der Waals surface area contributed by atoms with Crippen LogP contribution in [0, 0.1) is 0 Å². The van der Waals surface area contributed by atoms with Gasteiger partial charge in [-0.15, -0.1) is 9.75 Å². The van der Waals surface area contributed by atoms with Crippen LogP contribution in [-0.4, -0.2) is 75.4 Å². The van der Waals surface area contributed by atoms with E-state index in [1.165, 1.54) is 35.4 Å². The summed E-state index contributed by atoms with van der Waals surface area (Å²) < 4.78 is 0.547. The average Bonchev–Trinajstić information content (AvgIpc) is 2.80. The molecule has 1 N–H and O–H groups in total. The number of aromatic nitrogens is 3. The molecule has 1 heterocycles. The van der Waals surface area contributed by atoms with E-state index in [1.807, 2.05) is 20.8 Å². The van der Waals surface area contributed by atoms with E-state index in [1.54, 1.807) is 14.1 Å². The molecule has 0 radical (unpaired) electrons. The summed E-state index contributed by atoms with van der Waals surface area (Å²) in [6.07, 6.45) is 0.169. The van der Waals surface area contributed by atoms with Gasteiger partial charge in [-0.3, -0.25) is 0 Å². The van der Waals surface area contributed by atoms with Crippen LogP contribution in [0.25, 0.3) is 0 Å². The third kappa shape index (κ3) is 5.29. The number of nitrogens with zero attached hydrogens (tertiary/aromatic N) is 5. The summed E-state index contributed by atoms with van der Waals surface area (Å²) in [6, 6.07) is -0.292. The van der Waals surface area contributed by atoms with Crippen molar-refractivity contribution < 1.29 is 19.4 Å². The summed E-state index contributed by atoms with van der Waals surface area (Å²) in [5.74, 6) is 0.669. The molecule has 0 saturated carbocycles. The number of hydroxylamine groups is 3. The molecule has 0 aliphatic heterocycles. The highest BCUT2D eigenvalue weighted by atomic mass is 32.2. The maximum Gasteiger partial charge on any atom is 0.346 e. The molecule has 0 aromatic carbocycles. The van der Waals surface area contributed by atoms with E-state index in [0.29, 0.717) is 16.7 Å². The molecule has 8 nitrogen and oxygen atoms in total. The van der Waals surface area contributed by atoms with E-state index in [4.69, 9.17) is 0 Å². The molecule has 2 amide bonds. The van der Waals surface area contributed by atoms with Crippen molar-refractivity contribution in [2.75, 3.05) is 33.9 Å². The van der Waals surface area contributed by atoms with Crippen LogP contribution < -0.4 is 0 Å². The predicted octanol–water partition coefficient (Wildman–Crippen LogP) is 1.58. The van der Waals surface area contributed by atoms with Crippen LogP contribution in [0.4, 0.5) is 4.79 Å². The van der Waals surface area contributed by atoms with Gasteiger partial charge in [0.15, 0.2) is 11.0 Å². The SMILES string of the molecule is CN(C)C(=O)n1nc(C(C)(C)C)nc1SCCC(=O)[N+](C)(C)O. The lowest BCUT2D eigenvalue weighted by Gasteiger charge is -2.16. The van der Waals surface area contributed by atoms with Crippen molar-refractivity contribution in [3.8, 4) is 0 Å². The van der Waals surface area contributed by atoms with Crippen LogP contribution in [0.1, 0.15) is 33.0 Å². The average molecular weight is 344 g/mol. The summed E-state index contributed by atoms with van der Waals surface area (Å²) in [6.45, 7) is 5.91. The number of carbonyl (C=O) groups excluding carboxylic acids is 2. The number of amides is 2. The van der Waals surface area contributed by atoms with Crippen molar-refractivity contribution in [1.82, 2.24) is 19.7 Å². The zero-order valence-corrected chi connectivity index (χ0v) is 15.6. The highest BCUT2D eigenvalue weighted by Crippen LogP contribution is 2.24. The Labute approximate surface area is 141 Å². The standard InChI is InChI=1S/C14H26N5O3S/c1-14(2,3)11-15-12(18(16-11)13(21)17(4)5)23-9-8-10(20)19(6,7)22/h22H,8-9H2,1-7H3/q+1. The van der Waals surface area contributed by atoms with Crippen LogP contribution in [0.3, 0.4) is 0 Å². The first-order chi connectivity index (χ1) is 10.3. The highest BCUT2D eigenvalue weighted by molar-refractivity contribution is 7.99. The Balaban J connectivity index is 2.94. The zero-order valence-electron chi connectivity index (χ0n) is 14.8. The van der Waals surface area contributed by atoms with Gasteiger partial charge >= 0.3 is 11.9 Å². The first-order valence-corrected chi connectivity index (χ1v) is 8.24. The molecular weight excluding hydrogens is 318 g/mol. The van der Waals surface area contributed by atoms with Gasteiger partial charge in [-0.25, -0.2) is 19.8 Å². The Kier molecular flexibility index (Phi) is 5.95. The zero-order chi connectivity index (χ0) is 18.0. The fourth-order valence-corrected chi connectivity index (χ4v) is 2.38. The van der Waals surface area contributed by atoms with E-state index < -0.39 is 4.65 Å². The van der Waals surface area contributed by atoms with E-state index >= 15 is 0 Å². The van der Waals surface area contributed by atoms with Crippen molar-refractivity contribution in [3.05, 3.63) is 5.82 Å².